The van der Waals surface area contributed by atoms with E-state index in [-0.39, 0.29) is 46.9 Å². The molecule has 2 N–H and O–H groups in total. The monoisotopic (exact) mass is 416 g/mol. The summed E-state index contributed by atoms with van der Waals surface area (Å²) in [5, 5.41) is 21.6. The van der Waals surface area contributed by atoms with Crippen LogP contribution >= 0.6 is 0 Å². The maximum atomic E-state index is 10.8. The Balaban J connectivity index is 1.86. The molecule has 0 unspecified atom stereocenters. The molecule has 0 aromatic heterocycles. The number of ether oxygens (including phenoxy) is 6. The van der Waals surface area contributed by atoms with Crippen LogP contribution in [0.4, 0.5) is 0 Å². The van der Waals surface area contributed by atoms with E-state index in [0.717, 1.165) is 11.1 Å². The maximum absolute atomic E-state index is 10.8. The Kier molecular flexibility index (Phi) is 4.28. The zero-order valence-corrected chi connectivity index (χ0v) is 17.2. The van der Waals surface area contributed by atoms with E-state index in [1.54, 1.807) is 12.1 Å². The molecule has 1 fully saturated rings. The summed E-state index contributed by atoms with van der Waals surface area (Å²) < 4.78 is 34.3. The molecule has 30 heavy (non-hydrogen) atoms. The highest BCUT2D eigenvalue weighted by Crippen LogP contribution is 2.64. The van der Waals surface area contributed by atoms with Crippen LogP contribution in [0.15, 0.2) is 12.1 Å². The number of benzene rings is 2. The van der Waals surface area contributed by atoms with Crippen LogP contribution in [0.3, 0.4) is 0 Å². The zero-order valence-electron chi connectivity index (χ0n) is 17.2. The lowest BCUT2D eigenvalue weighted by Crippen LogP contribution is -2.30. The number of phenols is 2. The highest BCUT2D eigenvalue weighted by Gasteiger charge is 2.54. The van der Waals surface area contributed by atoms with Crippen molar-refractivity contribution < 1.29 is 38.6 Å². The minimum Gasteiger partial charge on any atom is -0.502 e. The molecule has 1 saturated heterocycles. The van der Waals surface area contributed by atoms with Gasteiger partial charge >= 0.3 is 0 Å². The van der Waals surface area contributed by atoms with E-state index in [1.165, 1.54) is 28.4 Å². The fraction of sp³-hybridized carbons (Fsp3) is 0.455. The molecule has 0 amide bonds. The molecule has 8 nitrogen and oxygen atoms in total. The van der Waals surface area contributed by atoms with Gasteiger partial charge in [0.2, 0.25) is 11.5 Å². The summed E-state index contributed by atoms with van der Waals surface area (Å²) >= 11 is 0. The second-order valence-electron chi connectivity index (χ2n) is 7.71. The van der Waals surface area contributed by atoms with Crippen molar-refractivity contribution in [3.63, 3.8) is 0 Å². The minimum atomic E-state index is -0.278. The number of hydrogen-bond donors (Lipinski definition) is 2. The zero-order chi connectivity index (χ0) is 21.2. The van der Waals surface area contributed by atoms with Crippen molar-refractivity contribution in [3.05, 3.63) is 28.8 Å². The van der Waals surface area contributed by atoms with Crippen molar-refractivity contribution in [3.8, 4) is 40.2 Å². The standard InChI is InChI=1S/C22H24O8/c1-25-13-5-9-16(21(27-3)18(13)23)15-10-7-30-20(9)11(10)8-29-12-6-14(26-2)19(24)22(28-4)17(12)15/h5-6,10-11,15,20,23-24H,7-8H2,1-4H3/t10-,11-,15+,20-/m1/s1. The third-order valence-corrected chi connectivity index (χ3v) is 6.55. The normalized spacial score (nSPS) is 25.5. The molecule has 8 heteroatoms. The van der Waals surface area contributed by atoms with E-state index in [4.69, 9.17) is 28.4 Å². The largest absolute Gasteiger partial charge is 0.502 e. The summed E-state index contributed by atoms with van der Waals surface area (Å²) in [5.74, 6) is 1.49. The summed E-state index contributed by atoms with van der Waals surface area (Å²) in [7, 11) is 5.99. The number of fused-ring (bicyclic) bond motifs is 5. The van der Waals surface area contributed by atoms with Crippen molar-refractivity contribution in [2.24, 2.45) is 11.8 Å². The summed E-state index contributed by atoms with van der Waals surface area (Å²) in [4.78, 5) is 0. The van der Waals surface area contributed by atoms with Crippen molar-refractivity contribution in [1.29, 1.82) is 0 Å². The smallest absolute Gasteiger partial charge is 0.201 e. The Bertz CT molecular complexity index is 1020. The SMILES string of the molecule is COc1cc2c(c(OC)c1O)[C@@H]1c3c(cc(OC)c(O)c3OC)[C@H]3OC[C@@H]1[C@H]3CO2. The lowest BCUT2D eigenvalue weighted by Gasteiger charge is -2.36. The first-order chi connectivity index (χ1) is 14.5. The van der Waals surface area contributed by atoms with Crippen LogP contribution in [-0.4, -0.2) is 51.9 Å². The van der Waals surface area contributed by atoms with Crippen LogP contribution in [0.1, 0.15) is 28.7 Å². The molecule has 4 atom stereocenters. The van der Waals surface area contributed by atoms with Gasteiger partial charge in [0.25, 0.3) is 0 Å². The topological polar surface area (TPSA) is 95.8 Å². The van der Waals surface area contributed by atoms with E-state index >= 15 is 0 Å². The first kappa shape index (κ1) is 19.0. The fourth-order valence-electron chi connectivity index (χ4n) is 5.29. The van der Waals surface area contributed by atoms with Crippen molar-refractivity contribution in [1.82, 2.24) is 0 Å². The highest BCUT2D eigenvalue weighted by atomic mass is 16.5. The Morgan fingerprint density at radius 1 is 0.800 bits per heavy atom. The fourth-order valence-corrected chi connectivity index (χ4v) is 5.29. The van der Waals surface area contributed by atoms with E-state index in [1.807, 2.05) is 0 Å². The molecular formula is C22H24O8. The summed E-state index contributed by atoms with van der Waals surface area (Å²) in [6.45, 7) is 0.959. The quantitative estimate of drug-likeness (QED) is 0.786. The number of methoxy groups -OCH3 is 4. The summed E-state index contributed by atoms with van der Waals surface area (Å²) in [5.41, 5.74) is 2.38. The first-order valence-corrected chi connectivity index (χ1v) is 9.75. The van der Waals surface area contributed by atoms with Crippen molar-refractivity contribution >= 4 is 0 Å². The van der Waals surface area contributed by atoms with Gasteiger partial charge in [-0.1, -0.05) is 0 Å². The Morgan fingerprint density at radius 2 is 1.43 bits per heavy atom. The molecular weight excluding hydrogens is 392 g/mol. The van der Waals surface area contributed by atoms with Crippen LogP contribution in [0, 0.1) is 11.8 Å². The molecule has 2 heterocycles. The molecule has 0 saturated carbocycles. The second kappa shape index (κ2) is 6.77. The van der Waals surface area contributed by atoms with Gasteiger partial charge in [-0.2, -0.15) is 0 Å². The lowest BCUT2D eigenvalue weighted by molar-refractivity contribution is 0.0751. The van der Waals surface area contributed by atoms with Gasteiger partial charge in [0.05, 0.1) is 47.8 Å². The van der Waals surface area contributed by atoms with E-state index in [0.29, 0.717) is 36.0 Å². The first-order valence-electron chi connectivity index (χ1n) is 9.75. The van der Waals surface area contributed by atoms with Crippen molar-refractivity contribution in [2.45, 2.75) is 12.0 Å². The molecule has 0 spiro atoms. The summed E-state index contributed by atoms with van der Waals surface area (Å²) in [6.07, 6.45) is -0.208. The number of phenolic OH excluding ortho intramolecular Hbond substituents is 2. The average molecular weight is 416 g/mol. The molecule has 2 aliphatic heterocycles. The molecule has 2 aromatic rings. The highest BCUT2D eigenvalue weighted by molar-refractivity contribution is 5.69. The third-order valence-electron chi connectivity index (χ3n) is 6.55. The van der Waals surface area contributed by atoms with Gasteiger partial charge in [0.15, 0.2) is 23.0 Å². The van der Waals surface area contributed by atoms with Gasteiger partial charge in [-0.25, -0.2) is 0 Å². The third kappa shape index (κ3) is 2.31. The molecule has 5 rings (SSSR count). The predicted octanol–water partition coefficient (Wildman–Crippen LogP) is 2.97. The molecule has 0 radical (unpaired) electrons. The lowest BCUT2D eigenvalue weighted by atomic mass is 9.67. The molecule has 3 aliphatic rings. The minimum absolute atomic E-state index is 0.0622. The maximum Gasteiger partial charge on any atom is 0.201 e. The van der Waals surface area contributed by atoms with Gasteiger partial charge in [0, 0.05) is 34.9 Å². The predicted molar refractivity (Wildman–Crippen MR) is 105 cm³/mol. The molecule has 1 aliphatic carbocycles. The summed E-state index contributed by atoms with van der Waals surface area (Å²) in [6, 6.07) is 3.48. The van der Waals surface area contributed by atoms with Gasteiger partial charge < -0.3 is 38.6 Å². The van der Waals surface area contributed by atoms with Crippen LogP contribution in [0.2, 0.25) is 0 Å². The number of rotatable bonds is 4. The number of hydrogen-bond acceptors (Lipinski definition) is 8. The van der Waals surface area contributed by atoms with Gasteiger partial charge in [0.1, 0.15) is 5.75 Å². The van der Waals surface area contributed by atoms with Gasteiger partial charge in [-0.15, -0.1) is 0 Å². The van der Waals surface area contributed by atoms with E-state index in [9.17, 15) is 10.2 Å². The molecule has 4 bridgehead atoms. The Hall–Kier alpha value is -3.00. The number of aromatic hydroxyl groups is 2. The van der Waals surface area contributed by atoms with Crippen molar-refractivity contribution in [2.75, 3.05) is 41.7 Å². The molecule has 160 valence electrons. The van der Waals surface area contributed by atoms with E-state index in [2.05, 4.69) is 0 Å². The Labute approximate surface area is 173 Å². The van der Waals surface area contributed by atoms with Gasteiger partial charge in [-0.05, 0) is 11.6 Å². The van der Waals surface area contributed by atoms with Crippen LogP contribution in [0.5, 0.6) is 40.2 Å². The van der Waals surface area contributed by atoms with Crippen LogP contribution in [-0.2, 0) is 4.74 Å². The van der Waals surface area contributed by atoms with Gasteiger partial charge in [-0.3, -0.25) is 0 Å². The van der Waals surface area contributed by atoms with Crippen LogP contribution < -0.4 is 23.7 Å². The van der Waals surface area contributed by atoms with E-state index < -0.39 is 0 Å². The Morgan fingerprint density at radius 3 is 2.07 bits per heavy atom. The molecule has 2 aromatic carbocycles. The average Bonchev–Trinajstić information content (AvgIpc) is 3.03. The van der Waals surface area contributed by atoms with Crippen LogP contribution in [0.25, 0.3) is 0 Å². The second-order valence-corrected chi connectivity index (χ2v) is 7.71.